The lowest BCUT2D eigenvalue weighted by molar-refractivity contribution is 0.581. The van der Waals surface area contributed by atoms with Crippen LogP contribution in [0.4, 0.5) is 4.39 Å². The van der Waals surface area contributed by atoms with Crippen LogP contribution in [0.1, 0.15) is 18.1 Å². The molecule has 0 unspecified atom stereocenters. The van der Waals surface area contributed by atoms with Crippen LogP contribution in [0.25, 0.3) is 0 Å². The van der Waals surface area contributed by atoms with Gasteiger partial charge in [0.15, 0.2) is 5.96 Å². The molecule has 3 N–H and O–H groups in total. The first-order valence-corrected chi connectivity index (χ1v) is 10.9. The minimum absolute atomic E-state index is 0. The third-order valence-corrected chi connectivity index (χ3v) is 5.21. The predicted molar refractivity (Wildman–Crippen MR) is 127 cm³/mol. The highest BCUT2D eigenvalue weighted by Gasteiger charge is 2.09. The van der Waals surface area contributed by atoms with E-state index in [4.69, 9.17) is 0 Å². The molecule has 0 bridgehead atoms. The summed E-state index contributed by atoms with van der Waals surface area (Å²) in [6.45, 7) is 3.55. The van der Waals surface area contributed by atoms with Crippen LogP contribution in [0.15, 0.2) is 59.6 Å². The minimum Gasteiger partial charge on any atom is -0.357 e. The van der Waals surface area contributed by atoms with Gasteiger partial charge < -0.3 is 10.6 Å². The van der Waals surface area contributed by atoms with E-state index < -0.39 is 10.0 Å². The van der Waals surface area contributed by atoms with Crippen LogP contribution in [0.2, 0.25) is 0 Å². The Morgan fingerprint density at radius 1 is 1.03 bits per heavy atom. The molecule has 0 aliphatic heterocycles. The third kappa shape index (κ3) is 10.6. The molecular formula is C20H28FIN4O2S. The van der Waals surface area contributed by atoms with Gasteiger partial charge in [0.2, 0.25) is 10.0 Å². The molecule has 6 nitrogen and oxygen atoms in total. The zero-order valence-corrected chi connectivity index (χ0v) is 19.5. The van der Waals surface area contributed by atoms with Crippen LogP contribution in [-0.2, 0) is 23.0 Å². The Labute approximate surface area is 189 Å². The fourth-order valence-electron chi connectivity index (χ4n) is 2.50. The number of hydrogen-bond donors (Lipinski definition) is 3. The highest BCUT2D eigenvalue weighted by molar-refractivity contribution is 14.0. The Hall–Kier alpha value is -1.72. The lowest BCUT2D eigenvalue weighted by Crippen LogP contribution is -2.39. The fourth-order valence-corrected chi connectivity index (χ4v) is 3.36. The molecule has 2 aromatic rings. The second-order valence-electron chi connectivity index (χ2n) is 6.19. The van der Waals surface area contributed by atoms with Gasteiger partial charge in [0.1, 0.15) is 5.82 Å². The van der Waals surface area contributed by atoms with Crippen LogP contribution in [0.3, 0.4) is 0 Å². The number of guanidine groups is 1. The van der Waals surface area contributed by atoms with Crippen LogP contribution < -0.4 is 15.4 Å². The number of benzene rings is 2. The fraction of sp³-hybridized carbons (Fsp3) is 0.350. The van der Waals surface area contributed by atoms with Crippen LogP contribution in [0.5, 0.6) is 0 Å². The molecule has 160 valence electrons. The molecule has 29 heavy (non-hydrogen) atoms. The van der Waals surface area contributed by atoms with E-state index in [-0.39, 0.29) is 48.6 Å². The van der Waals surface area contributed by atoms with Crippen molar-refractivity contribution in [1.82, 2.24) is 15.4 Å². The van der Waals surface area contributed by atoms with E-state index in [9.17, 15) is 12.8 Å². The molecule has 0 aliphatic rings. The average Bonchev–Trinajstić information content (AvgIpc) is 2.67. The highest BCUT2D eigenvalue weighted by Crippen LogP contribution is 2.03. The number of aliphatic imine (C=N–C) groups is 1. The van der Waals surface area contributed by atoms with Crippen molar-refractivity contribution < 1.29 is 12.8 Å². The van der Waals surface area contributed by atoms with Crippen molar-refractivity contribution in [2.45, 2.75) is 19.9 Å². The molecule has 0 radical (unpaired) electrons. The quantitative estimate of drug-likeness (QED) is 0.249. The first kappa shape index (κ1) is 25.3. The number of nitrogens with one attached hydrogen (secondary N) is 3. The molecule has 2 aromatic carbocycles. The van der Waals surface area contributed by atoms with Gasteiger partial charge in [-0.2, -0.15) is 0 Å². The third-order valence-electron chi connectivity index (χ3n) is 3.91. The summed E-state index contributed by atoms with van der Waals surface area (Å²) in [6, 6.07) is 15.8. The maximum absolute atomic E-state index is 13.2. The van der Waals surface area contributed by atoms with Gasteiger partial charge in [-0.3, -0.25) is 4.99 Å². The van der Waals surface area contributed by atoms with Gasteiger partial charge in [0.25, 0.3) is 0 Å². The molecule has 0 saturated heterocycles. The Kier molecular flexibility index (Phi) is 11.8. The zero-order valence-electron chi connectivity index (χ0n) is 16.4. The first-order valence-electron chi connectivity index (χ1n) is 9.26. The lowest BCUT2D eigenvalue weighted by atomic mass is 10.1. The van der Waals surface area contributed by atoms with Gasteiger partial charge in [0, 0.05) is 19.6 Å². The molecule has 0 spiro atoms. The number of nitrogens with zero attached hydrogens (tertiary/aromatic N) is 1. The van der Waals surface area contributed by atoms with Gasteiger partial charge in [-0.1, -0.05) is 42.5 Å². The monoisotopic (exact) mass is 534 g/mol. The van der Waals surface area contributed by atoms with Crippen molar-refractivity contribution in [3.05, 3.63) is 71.5 Å². The van der Waals surface area contributed by atoms with E-state index in [1.807, 2.05) is 43.3 Å². The number of halogens is 2. The zero-order chi connectivity index (χ0) is 20.2. The smallest absolute Gasteiger partial charge is 0.213 e. The van der Waals surface area contributed by atoms with Gasteiger partial charge in [-0.25, -0.2) is 17.5 Å². The Morgan fingerprint density at radius 3 is 2.45 bits per heavy atom. The van der Waals surface area contributed by atoms with Gasteiger partial charge >= 0.3 is 0 Å². The summed E-state index contributed by atoms with van der Waals surface area (Å²) in [5, 5.41) is 6.21. The average molecular weight is 534 g/mol. The predicted octanol–water partition coefficient (Wildman–Crippen LogP) is 2.66. The van der Waals surface area contributed by atoms with E-state index in [1.54, 1.807) is 6.07 Å². The van der Waals surface area contributed by atoms with Crippen LogP contribution in [0, 0.1) is 5.82 Å². The van der Waals surface area contributed by atoms with Crippen molar-refractivity contribution in [3.63, 3.8) is 0 Å². The summed E-state index contributed by atoms with van der Waals surface area (Å²) in [5.41, 5.74) is 1.79. The van der Waals surface area contributed by atoms with E-state index in [0.29, 0.717) is 25.5 Å². The van der Waals surface area contributed by atoms with Gasteiger partial charge in [-0.15, -0.1) is 24.0 Å². The van der Waals surface area contributed by atoms with E-state index in [2.05, 4.69) is 20.3 Å². The van der Waals surface area contributed by atoms with Crippen molar-refractivity contribution in [2.75, 3.05) is 25.4 Å². The molecule has 0 aromatic heterocycles. The summed E-state index contributed by atoms with van der Waals surface area (Å²) in [7, 11) is -3.41. The normalized spacial score (nSPS) is 11.6. The van der Waals surface area contributed by atoms with Gasteiger partial charge in [0.05, 0.1) is 12.3 Å². The molecule has 9 heteroatoms. The van der Waals surface area contributed by atoms with Crippen molar-refractivity contribution in [1.29, 1.82) is 0 Å². The molecule has 0 amide bonds. The summed E-state index contributed by atoms with van der Waals surface area (Å²) >= 11 is 0. The second kappa shape index (κ2) is 13.5. The Balaban J connectivity index is 0.00000420. The van der Waals surface area contributed by atoms with Crippen molar-refractivity contribution >= 4 is 40.0 Å². The topological polar surface area (TPSA) is 82.6 Å². The largest absolute Gasteiger partial charge is 0.357 e. The van der Waals surface area contributed by atoms with E-state index >= 15 is 0 Å². The van der Waals surface area contributed by atoms with E-state index in [0.717, 1.165) is 11.1 Å². The molecule has 0 atom stereocenters. The summed E-state index contributed by atoms with van der Waals surface area (Å²) < 4.78 is 40.0. The number of rotatable bonds is 10. The summed E-state index contributed by atoms with van der Waals surface area (Å²) in [6.07, 6.45) is 0.638. The standard InChI is InChI=1S/C20H27FN4O2S.HI/c1-2-22-20(23-12-11-17-9-6-10-19(21)15-17)24-13-14-28(26,27)25-16-18-7-4-3-5-8-18;/h3-10,15,25H,2,11-14,16H2,1H3,(H2,22,23,24);1H. The molecule has 2 rings (SSSR count). The highest BCUT2D eigenvalue weighted by atomic mass is 127. The number of hydrogen-bond acceptors (Lipinski definition) is 3. The summed E-state index contributed by atoms with van der Waals surface area (Å²) in [5.74, 6) is 0.184. The molecular weight excluding hydrogens is 506 g/mol. The minimum atomic E-state index is -3.41. The Morgan fingerprint density at radius 2 is 1.76 bits per heavy atom. The number of sulfonamides is 1. The van der Waals surface area contributed by atoms with Crippen molar-refractivity contribution in [2.24, 2.45) is 4.99 Å². The summed E-state index contributed by atoms with van der Waals surface area (Å²) in [4.78, 5) is 4.30. The molecule has 0 fully saturated rings. The van der Waals surface area contributed by atoms with Crippen LogP contribution in [-0.4, -0.2) is 39.8 Å². The van der Waals surface area contributed by atoms with E-state index in [1.165, 1.54) is 12.1 Å². The van der Waals surface area contributed by atoms with Gasteiger partial charge in [-0.05, 0) is 36.6 Å². The van der Waals surface area contributed by atoms with Crippen LogP contribution >= 0.6 is 24.0 Å². The second-order valence-corrected chi connectivity index (χ2v) is 8.12. The Bertz CT molecular complexity index is 864. The lowest BCUT2D eigenvalue weighted by Gasteiger charge is -2.11. The molecule has 0 aliphatic carbocycles. The molecule has 0 heterocycles. The maximum Gasteiger partial charge on any atom is 0.213 e. The SMILES string of the molecule is CCNC(=NCCS(=O)(=O)NCc1ccccc1)NCCc1cccc(F)c1.I. The first-order chi connectivity index (χ1) is 13.5. The van der Waals surface area contributed by atoms with Crippen molar-refractivity contribution in [3.8, 4) is 0 Å². The molecule has 0 saturated carbocycles. The maximum atomic E-state index is 13.2.